The Morgan fingerprint density at radius 1 is 1.18 bits per heavy atom. The normalized spacial score (nSPS) is 11.3. The number of benzene rings is 2. The molecule has 2 rings (SSSR count). The molecule has 0 heterocycles. The minimum absolute atomic E-state index is 0.118. The molecule has 0 aliphatic carbocycles. The van der Waals surface area contributed by atoms with E-state index in [9.17, 15) is 14.0 Å². The van der Waals surface area contributed by atoms with E-state index in [2.05, 4.69) is 5.32 Å². The molecule has 22 heavy (non-hydrogen) atoms. The number of nitrogens with one attached hydrogen (secondary N) is 1. The van der Waals surface area contributed by atoms with Crippen LogP contribution in [0.15, 0.2) is 48.5 Å². The Morgan fingerprint density at radius 3 is 2.45 bits per heavy atom. The maximum atomic E-state index is 12.9. The van der Waals surface area contributed by atoms with Crippen molar-refractivity contribution < 1.29 is 14.0 Å². The number of carbonyl (C=O) groups is 2. The van der Waals surface area contributed by atoms with Crippen LogP contribution in [0.25, 0.3) is 0 Å². The molecule has 110 valence electrons. The maximum Gasteiger partial charge on any atom is 0.249 e. The Morgan fingerprint density at radius 2 is 1.86 bits per heavy atom. The average Bonchev–Trinajstić information content (AvgIpc) is 2.48. The summed E-state index contributed by atoms with van der Waals surface area (Å²) in [6, 6.07) is 13.4. The number of ketones is 1. The van der Waals surface area contributed by atoms with Crippen molar-refractivity contribution in [2.24, 2.45) is 5.92 Å². The van der Waals surface area contributed by atoms with E-state index in [4.69, 9.17) is 5.26 Å². The van der Waals surface area contributed by atoms with Gasteiger partial charge in [-0.1, -0.05) is 12.1 Å². The second-order valence-electron chi connectivity index (χ2n) is 4.79. The fraction of sp³-hybridized carbons (Fsp3) is 0.118. The summed E-state index contributed by atoms with van der Waals surface area (Å²) in [5.41, 5.74) is 1.57. The molecule has 1 N–H and O–H groups in total. The van der Waals surface area contributed by atoms with Crippen molar-refractivity contribution in [1.29, 1.82) is 5.26 Å². The topological polar surface area (TPSA) is 70.0 Å². The Labute approximate surface area is 127 Å². The van der Waals surface area contributed by atoms with Gasteiger partial charge < -0.3 is 5.32 Å². The van der Waals surface area contributed by atoms with Gasteiger partial charge in [0.2, 0.25) is 5.91 Å². The van der Waals surface area contributed by atoms with E-state index in [1.54, 1.807) is 24.3 Å². The zero-order chi connectivity index (χ0) is 16.1. The third-order valence-electron chi connectivity index (χ3n) is 3.07. The quantitative estimate of drug-likeness (QED) is 0.696. The molecule has 0 saturated heterocycles. The van der Waals surface area contributed by atoms with Crippen molar-refractivity contribution in [3.8, 4) is 6.07 Å². The number of nitrogens with zero attached hydrogens (tertiary/aromatic N) is 1. The van der Waals surface area contributed by atoms with Crippen molar-refractivity contribution in [1.82, 2.24) is 0 Å². The molecular weight excluding hydrogens is 283 g/mol. The van der Waals surface area contributed by atoms with Gasteiger partial charge in [0.25, 0.3) is 0 Å². The summed E-state index contributed by atoms with van der Waals surface area (Å²) in [5.74, 6) is -3.34. The predicted octanol–water partition coefficient (Wildman–Crippen LogP) is 3.10. The molecule has 0 unspecified atom stereocenters. The third kappa shape index (κ3) is 3.55. The minimum Gasteiger partial charge on any atom is -0.325 e. The summed E-state index contributed by atoms with van der Waals surface area (Å²) in [5, 5.41) is 11.6. The number of Topliss-reactive ketones (excluding diaryl/α,β-unsaturated/α-hetero) is 1. The zero-order valence-corrected chi connectivity index (χ0v) is 11.8. The largest absolute Gasteiger partial charge is 0.325 e. The highest BCUT2D eigenvalue weighted by atomic mass is 19.1. The molecule has 5 heteroatoms. The van der Waals surface area contributed by atoms with Gasteiger partial charge in [-0.15, -0.1) is 0 Å². The second kappa shape index (κ2) is 6.64. The summed E-state index contributed by atoms with van der Waals surface area (Å²) < 4.78 is 12.9. The molecule has 2 aromatic rings. The van der Waals surface area contributed by atoms with E-state index in [0.717, 1.165) is 17.7 Å². The molecule has 0 radical (unpaired) electrons. The first kappa shape index (κ1) is 15.4. The monoisotopic (exact) mass is 296 g/mol. The number of hydrogen-bond donors (Lipinski definition) is 1. The van der Waals surface area contributed by atoms with E-state index in [0.29, 0.717) is 5.69 Å². The number of nitriles is 1. The molecule has 4 nitrogen and oxygen atoms in total. The summed E-state index contributed by atoms with van der Waals surface area (Å²) in [6.45, 7) is 1.86. The van der Waals surface area contributed by atoms with Gasteiger partial charge >= 0.3 is 0 Å². The van der Waals surface area contributed by atoms with Crippen LogP contribution in [0.1, 0.15) is 15.9 Å². The van der Waals surface area contributed by atoms with Gasteiger partial charge in [0.15, 0.2) is 11.7 Å². The average molecular weight is 296 g/mol. The van der Waals surface area contributed by atoms with Crippen LogP contribution in [0.5, 0.6) is 0 Å². The standard InChI is InChI=1S/C17H13FN2O2/c1-11-3-2-4-14(9-11)20-17(22)15(10-19)16(21)12-5-7-13(18)8-6-12/h2-9,15H,1H3,(H,20,22)/t15-/m1/s1. The highest BCUT2D eigenvalue weighted by Crippen LogP contribution is 2.14. The van der Waals surface area contributed by atoms with Crippen LogP contribution in [-0.2, 0) is 4.79 Å². The molecule has 0 fully saturated rings. The number of carbonyl (C=O) groups excluding carboxylic acids is 2. The van der Waals surface area contributed by atoms with E-state index in [-0.39, 0.29) is 5.56 Å². The lowest BCUT2D eigenvalue weighted by Gasteiger charge is -2.10. The van der Waals surface area contributed by atoms with Crippen LogP contribution in [0, 0.1) is 30.0 Å². The van der Waals surface area contributed by atoms with Crippen LogP contribution >= 0.6 is 0 Å². The number of hydrogen-bond acceptors (Lipinski definition) is 3. The number of aryl methyl sites for hydroxylation is 1. The van der Waals surface area contributed by atoms with Crippen LogP contribution in [0.4, 0.5) is 10.1 Å². The molecule has 0 aliphatic rings. The Bertz CT molecular complexity index is 748. The van der Waals surface area contributed by atoms with Gasteiger partial charge in [-0.25, -0.2) is 4.39 Å². The first-order chi connectivity index (χ1) is 10.5. The van der Waals surface area contributed by atoms with E-state index >= 15 is 0 Å². The molecule has 2 aromatic carbocycles. The SMILES string of the molecule is Cc1cccc(NC(=O)[C@H](C#N)C(=O)c2ccc(F)cc2)c1. The number of rotatable bonds is 4. The predicted molar refractivity (Wildman–Crippen MR) is 79.6 cm³/mol. The minimum atomic E-state index is -1.48. The molecular formula is C17H13FN2O2. The molecule has 1 atom stereocenters. The van der Waals surface area contributed by atoms with E-state index < -0.39 is 23.4 Å². The Kier molecular flexibility index (Phi) is 4.64. The molecule has 0 spiro atoms. The molecule has 1 amide bonds. The van der Waals surface area contributed by atoms with Crippen molar-refractivity contribution in [2.45, 2.75) is 6.92 Å². The van der Waals surface area contributed by atoms with E-state index in [1.165, 1.54) is 12.1 Å². The fourth-order valence-corrected chi connectivity index (χ4v) is 1.95. The lowest BCUT2D eigenvalue weighted by atomic mass is 9.98. The lowest BCUT2D eigenvalue weighted by molar-refractivity contribution is -0.117. The molecule has 0 bridgehead atoms. The van der Waals surface area contributed by atoms with Gasteiger partial charge in [-0.05, 0) is 48.9 Å². The number of anilines is 1. The summed E-state index contributed by atoms with van der Waals surface area (Å²) in [7, 11) is 0. The first-order valence-corrected chi connectivity index (χ1v) is 6.58. The third-order valence-corrected chi connectivity index (χ3v) is 3.07. The molecule has 0 aliphatic heterocycles. The van der Waals surface area contributed by atoms with Crippen LogP contribution in [0.3, 0.4) is 0 Å². The number of halogens is 1. The molecule has 0 aromatic heterocycles. The Hall–Kier alpha value is -3.00. The fourth-order valence-electron chi connectivity index (χ4n) is 1.95. The summed E-state index contributed by atoms with van der Waals surface area (Å²) in [4.78, 5) is 24.3. The van der Waals surface area contributed by atoms with Crippen molar-refractivity contribution in [3.63, 3.8) is 0 Å². The van der Waals surface area contributed by atoms with Gasteiger partial charge in [0.05, 0.1) is 6.07 Å². The van der Waals surface area contributed by atoms with Crippen LogP contribution in [-0.4, -0.2) is 11.7 Å². The van der Waals surface area contributed by atoms with Crippen molar-refractivity contribution in [3.05, 3.63) is 65.5 Å². The van der Waals surface area contributed by atoms with Gasteiger partial charge in [0.1, 0.15) is 5.82 Å². The maximum absolute atomic E-state index is 12.9. The van der Waals surface area contributed by atoms with Crippen LogP contribution in [0.2, 0.25) is 0 Å². The Balaban J connectivity index is 2.17. The highest BCUT2D eigenvalue weighted by Gasteiger charge is 2.27. The zero-order valence-electron chi connectivity index (χ0n) is 11.8. The van der Waals surface area contributed by atoms with Gasteiger partial charge in [0, 0.05) is 11.3 Å². The van der Waals surface area contributed by atoms with Gasteiger partial charge in [-0.2, -0.15) is 5.26 Å². The second-order valence-corrected chi connectivity index (χ2v) is 4.79. The van der Waals surface area contributed by atoms with Crippen molar-refractivity contribution >= 4 is 17.4 Å². The lowest BCUT2D eigenvalue weighted by Crippen LogP contribution is -2.28. The molecule has 0 saturated carbocycles. The van der Waals surface area contributed by atoms with Crippen molar-refractivity contribution in [2.75, 3.05) is 5.32 Å². The van der Waals surface area contributed by atoms with Crippen LogP contribution < -0.4 is 5.32 Å². The summed E-state index contributed by atoms with van der Waals surface area (Å²) >= 11 is 0. The van der Waals surface area contributed by atoms with Gasteiger partial charge in [-0.3, -0.25) is 9.59 Å². The number of amides is 1. The summed E-state index contributed by atoms with van der Waals surface area (Å²) in [6.07, 6.45) is 0. The smallest absolute Gasteiger partial charge is 0.249 e. The first-order valence-electron chi connectivity index (χ1n) is 6.58. The highest BCUT2D eigenvalue weighted by molar-refractivity contribution is 6.15. The van der Waals surface area contributed by atoms with E-state index in [1.807, 2.05) is 13.0 Å².